The first-order valence-electron chi connectivity index (χ1n) is 10.8. The van der Waals surface area contributed by atoms with Crippen LogP contribution in [0.15, 0.2) is 29.6 Å². The maximum Gasteiger partial charge on any atom is 0.254 e. The molecule has 5 rings (SSSR count). The highest BCUT2D eigenvalue weighted by atomic mass is 32.1. The van der Waals surface area contributed by atoms with E-state index in [1.807, 2.05) is 19.1 Å². The van der Waals surface area contributed by atoms with E-state index < -0.39 is 0 Å². The summed E-state index contributed by atoms with van der Waals surface area (Å²) >= 11 is 1.40. The molecule has 170 valence electrons. The topological polar surface area (TPSA) is 127 Å². The van der Waals surface area contributed by atoms with E-state index in [9.17, 15) is 14.7 Å². The third kappa shape index (κ3) is 3.94. The van der Waals surface area contributed by atoms with Gasteiger partial charge in [0.25, 0.3) is 5.91 Å². The number of nitrogens with one attached hydrogen (secondary N) is 2. The predicted molar refractivity (Wildman–Crippen MR) is 127 cm³/mol. The van der Waals surface area contributed by atoms with Gasteiger partial charge in [-0.1, -0.05) is 6.07 Å². The van der Waals surface area contributed by atoms with Gasteiger partial charge in [-0.05, 0) is 54.7 Å². The van der Waals surface area contributed by atoms with Crippen LogP contribution in [0.4, 0.5) is 11.5 Å². The van der Waals surface area contributed by atoms with Crippen LogP contribution < -0.4 is 16.4 Å². The number of phenols is 1. The van der Waals surface area contributed by atoms with Crippen LogP contribution in [-0.4, -0.2) is 35.1 Å². The van der Waals surface area contributed by atoms with Gasteiger partial charge in [0.15, 0.2) is 0 Å². The molecule has 0 saturated carbocycles. The van der Waals surface area contributed by atoms with E-state index >= 15 is 0 Å². The molecule has 0 aliphatic carbocycles. The van der Waals surface area contributed by atoms with Crippen LogP contribution in [0.2, 0.25) is 0 Å². The first-order valence-corrected chi connectivity index (χ1v) is 11.7. The minimum absolute atomic E-state index is 0.0504. The summed E-state index contributed by atoms with van der Waals surface area (Å²) in [6.07, 6.45) is 1.41. The molecule has 0 atom stereocenters. The van der Waals surface area contributed by atoms with Crippen molar-refractivity contribution in [3.8, 4) is 27.4 Å². The fourth-order valence-corrected chi connectivity index (χ4v) is 5.19. The van der Waals surface area contributed by atoms with Gasteiger partial charge in [0.05, 0.1) is 11.3 Å². The number of nitrogens with zero attached hydrogens (tertiary/aromatic N) is 1. The molecule has 1 fully saturated rings. The number of ether oxygens (including phenoxy) is 1. The molecule has 0 bridgehead atoms. The van der Waals surface area contributed by atoms with E-state index in [2.05, 4.69) is 15.6 Å². The SMILES string of the molecule is Cc1ccc(O)cc1-c1cc(-c2nc(NC(=O)C3CCOCC3)cs2)c2c(c1N)C(=O)NC2. The summed E-state index contributed by atoms with van der Waals surface area (Å²) in [5.41, 5.74) is 11.2. The van der Waals surface area contributed by atoms with Crippen LogP contribution in [-0.2, 0) is 16.1 Å². The summed E-state index contributed by atoms with van der Waals surface area (Å²) < 4.78 is 5.33. The molecule has 2 aliphatic rings. The Morgan fingerprint density at radius 3 is 2.82 bits per heavy atom. The second kappa shape index (κ2) is 8.49. The van der Waals surface area contributed by atoms with E-state index in [-0.39, 0.29) is 23.5 Å². The Labute approximate surface area is 194 Å². The number of rotatable bonds is 4. The number of nitrogens with two attached hydrogens (primary N) is 1. The normalized spacial score (nSPS) is 15.8. The molecule has 9 heteroatoms. The number of thiazole rings is 1. The number of amides is 2. The van der Waals surface area contributed by atoms with Crippen molar-refractivity contribution in [1.29, 1.82) is 0 Å². The number of fused-ring (bicyclic) bond motifs is 1. The van der Waals surface area contributed by atoms with Crippen LogP contribution in [0.25, 0.3) is 21.7 Å². The molecular weight excluding hydrogens is 440 g/mol. The van der Waals surface area contributed by atoms with Gasteiger partial charge in [-0.2, -0.15) is 0 Å². The van der Waals surface area contributed by atoms with Gasteiger partial charge in [0.2, 0.25) is 5.91 Å². The van der Waals surface area contributed by atoms with Crippen molar-refractivity contribution >= 4 is 34.7 Å². The van der Waals surface area contributed by atoms with Crippen molar-refractivity contribution in [2.75, 3.05) is 24.3 Å². The highest BCUT2D eigenvalue weighted by Crippen LogP contribution is 2.42. The average molecular weight is 465 g/mol. The number of benzene rings is 2. The zero-order chi connectivity index (χ0) is 23.1. The number of hydrogen-bond donors (Lipinski definition) is 4. The van der Waals surface area contributed by atoms with Crippen LogP contribution in [0.1, 0.15) is 34.3 Å². The number of anilines is 2. The molecule has 0 spiro atoms. The van der Waals surface area contributed by atoms with E-state index in [0.717, 1.165) is 22.3 Å². The number of carbonyl (C=O) groups excluding carboxylic acids is 2. The number of carbonyl (C=O) groups is 2. The number of hydrogen-bond acceptors (Lipinski definition) is 7. The molecule has 3 aromatic rings. The Bertz CT molecular complexity index is 1260. The Balaban J connectivity index is 1.54. The second-order valence-corrected chi connectivity index (χ2v) is 9.19. The zero-order valence-corrected chi connectivity index (χ0v) is 18.9. The summed E-state index contributed by atoms with van der Waals surface area (Å²) in [7, 11) is 0. The maximum absolute atomic E-state index is 12.6. The third-order valence-corrected chi connectivity index (χ3v) is 7.09. The van der Waals surface area contributed by atoms with Crippen molar-refractivity contribution < 1.29 is 19.4 Å². The van der Waals surface area contributed by atoms with Gasteiger partial charge < -0.3 is 26.2 Å². The minimum Gasteiger partial charge on any atom is -0.508 e. The van der Waals surface area contributed by atoms with Crippen LogP contribution in [0.3, 0.4) is 0 Å². The molecule has 2 amide bonds. The molecule has 0 radical (unpaired) electrons. The lowest BCUT2D eigenvalue weighted by molar-refractivity contribution is -0.122. The van der Waals surface area contributed by atoms with Crippen LogP contribution >= 0.6 is 11.3 Å². The molecule has 1 saturated heterocycles. The molecule has 2 aromatic carbocycles. The smallest absolute Gasteiger partial charge is 0.254 e. The Kier molecular flexibility index (Phi) is 5.51. The Morgan fingerprint density at radius 1 is 1.24 bits per heavy atom. The van der Waals surface area contributed by atoms with Crippen molar-refractivity contribution in [3.63, 3.8) is 0 Å². The van der Waals surface area contributed by atoms with E-state index in [4.69, 9.17) is 10.5 Å². The highest BCUT2D eigenvalue weighted by molar-refractivity contribution is 7.13. The molecular formula is C24H24N4O4S. The fourth-order valence-electron chi connectivity index (χ4n) is 4.40. The van der Waals surface area contributed by atoms with E-state index in [1.165, 1.54) is 11.3 Å². The number of phenolic OH excluding ortho intramolecular Hbond substituents is 1. The lowest BCUT2D eigenvalue weighted by atomic mass is 9.91. The summed E-state index contributed by atoms with van der Waals surface area (Å²) in [6, 6.07) is 6.99. The van der Waals surface area contributed by atoms with E-state index in [1.54, 1.807) is 17.5 Å². The fraction of sp³-hybridized carbons (Fsp3) is 0.292. The number of nitrogen functional groups attached to an aromatic ring is 1. The van der Waals surface area contributed by atoms with Crippen LogP contribution in [0.5, 0.6) is 5.75 Å². The lowest BCUT2D eigenvalue weighted by Gasteiger charge is -2.20. The standard InChI is InChI=1S/C24H24N4O4S/c1-12-2-3-14(29)8-15(12)16-9-17(18-10-26-23(31)20(18)21(16)25)24-28-19(11-33-24)27-22(30)13-4-6-32-7-5-13/h2-3,8-9,11,13,29H,4-7,10,25H2,1H3,(H,26,31)(H,27,30). The molecule has 2 aliphatic heterocycles. The van der Waals surface area contributed by atoms with Gasteiger partial charge >= 0.3 is 0 Å². The first-order chi connectivity index (χ1) is 15.9. The van der Waals surface area contributed by atoms with Crippen LogP contribution in [0, 0.1) is 12.8 Å². The molecule has 0 unspecified atom stereocenters. The summed E-state index contributed by atoms with van der Waals surface area (Å²) in [5.74, 6) is 0.253. The van der Waals surface area contributed by atoms with E-state index in [0.29, 0.717) is 60.2 Å². The lowest BCUT2D eigenvalue weighted by Crippen LogP contribution is -2.28. The first kappa shape index (κ1) is 21.4. The van der Waals surface area contributed by atoms with Gasteiger partial charge in [-0.3, -0.25) is 9.59 Å². The van der Waals surface area contributed by atoms with Gasteiger partial charge in [0.1, 0.15) is 16.6 Å². The monoisotopic (exact) mass is 464 g/mol. The molecule has 1 aromatic heterocycles. The number of aryl methyl sites for hydroxylation is 1. The summed E-state index contributed by atoms with van der Waals surface area (Å²) in [6.45, 7) is 3.47. The average Bonchev–Trinajstić information content (AvgIpc) is 3.44. The molecule has 3 heterocycles. The van der Waals surface area contributed by atoms with Crippen molar-refractivity contribution in [1.82, 2.24) is 10.3 Å². The van der Waals surface area contributed by atoms with Crippen molar-refractivity contribution in [3.05, 3.63) is 46.3 Å². The van der Waals surface area contributed by atoms with Gasteiger partial charge in [-0.15, -0.1) is 11.3 Å². The van der Waals surface area contributed by atoms with Crippen molar-refractivity contribution in [2.45, 2.75) is 26.3 Å². The largest absolute Gasteiger partial charge is 0.508 e. The third-order valence-electron chi connectivity index (χ3n) is 6.22. The Hall–Kier alpha value is -3.43. The summed E-state index contributed by atoms with van der Waals surface area (Å²) in [4.78, 5) is 29.9. The predicted octanol–water partition coefficient (Wildman–Crippen LogP) is 3.68. The quantitative estimate of drug-likeness (QED) is 0.436. The number of aromatic nitrogens is 1. The van der Waals surface area contributed by atoms with Gasteiger partial charge in [0, 0.05) is 42.2 Å². The van der Waals surface area contributed by atoms with Gasteiger partial charge in [-0.25, -0.2) is 4.98 Å². The number of aromatic hydroxyl groups is 1. The maximum atomic E-state index is 12.6. The molecule has 5 N–H and O–H groups in total. The Morgan fingerprint density at radius 2 is 2.03 bits per heavy atom. The minimum atomic E-state index is -0.229. The highest BCUT2D eigenvalue weighted by Gasteiger charge is 2.29. The summed E-state index contributed by atoms with van der Waals surface area (Å²) in [5, 5.41) is 18.3. The second-order valence-electron chi connectivity index (χ2n) is 8.33. The molecule has 8 nitrogen and oxygen atoms in total. The zero-order valence-electron chi connectivity index (χ0n) is 18.1. The van der Waals surface area contributed by atoms with Crippen molar-refractivity contribution in [2.24, 2.45) is 5.92 Å². The molecule has 33 heavy (non-hydrogen) atoms.